The van der Waals surface area contributed by atoms with Crippen molar-refractivity contribution in [2.45, 2.75) is 26.7 Å². The fourth-order valence-electron chi connectivity index (χ4n) is 2.60. The van der Waals surface area contributed by atoms with Crippen LogP contribution in [0.2, 0.25) is 0 Å². The molecule has 4 nitrogen and oxygen atoms in total. The molecule has 0 aliphatic carbocycles. The van der Waals surface area contributed by atoms with E-state index in [1.807, 2.05) is 35.2 Å². The Balaban J connectivity index is 1.61. The van der Waals surface area contributed by atoms with Crippen LogP contribution >= 0.6 is 0 Å². The molecule has 0 saturated carbocycles. The lowest BCUT2D eigenvalue weighted by atomic mass is 10.1. The maximum absolute atomic E-state index is 12.1. The number of amides is 1. The summed E-state index contributed by atoms with van der Waals surface area (Å²) in [4.78, 5) is 16.5. The lowest BCUT2D eigenvalue weighted by molar-refractivity contribution is -0.133. The summed E-state index contributed by atoms with van der Waals surface area (Å²) in [6.45, 7) is 9.55. The van der Waals surface area contributed by atoms with Gasteiger partial charge in [0.05, 0.1) is 0 Å². The molecule has 1 amide bonds. The van der Waals surface area contributed by atoms with Gasteiger partial charge in [0.25, 0.3) is 0 Å². The first-order chi connectivity index (χ1) is 10.6. The van der Waals surface area contributed by atoms with E-state index in [1.54, 1.807) is 0 Å². The summed E-state index contributed by atoms with van der Waals surface area (Å²) in [6, 6.07) is 9.91. The molecule has 0 N–H and O–H groups in total. The molecule has 2 rings (SSSR count). The minimum Gasteiger partial charge on any atom is -0.492 e. The van der Waals surface area contributed by atoms with Crippen LogP contribution in [0.3, 0.4) is 0 Å². The minimum atomic E-state index is 0.314. The lowest BCUT2D eigenvalue weighted by Crippen LogP contribution is -2.49. The first kappa shape index (κ1) is 16.8. The van der Waals surface area contributed by atoms with Crippen molar-refractivity contribution in [3.63, 3.8) is 0 Å². The molecular formula is C18H28N2O2. The summed E-state index contributed by atoms with van der Waals surface area (Å²) >= 11 is 0. The standard InChI is InChI=1S/C18H28N2O2/c1-16(2)8-9-18(21)20-12-10-19(11-13-20)14-15-22-17-6-4-3-5-7-17/h3-7,16H,8-15H2,1-2H3. The third-order valence-corrected chi connectivity index (χ3v) is 4.08. The van der Waals surface area contributed by atoms with E-state index in [4.69, 9.17) is 4.74 Å². The second-order valence-electron chi connectivity index (χ2n) is 6.32. The number of rotatable bonds is 7. The fourth-order valence-corrected chi connectivity index (χ4v) is 2.60. The van der Waals surface area contributed by atoms with Gasteiger partial charge in [0.2, 0.25) is 5.91 Å². The van der Waals surface area contributed by atoms with E-state index in [2.05, 4.69) is 18.7 Å². The number of benzene rings is 1. The smallest absolute Gasteiger partial charge is 0.222 e. The van der Waals surface area contributed by atoms with Crippen LogP contribution in [0.4, 0.5) is 0 Å². The topological polar surface area (TPSA) is 32.8 Å². The van der Waals surface area contributed by atoms with Crippen LogP contribution in [-0.2, 0) is 4.79 Å². The predicted octanol–water partition coefficient (Wildman–Crippen LogP) is 2.65. The van der Waals surface area contributed by atoms with Gasteiger partial charge in [-0.15, -0.1) is 0 Å². The first-order valence-electron chi connectivity index (χ1n) is 8.33. The van der Waals surface area contributed by atoms with Crippen molar-refractivity contribution in [2.75, 3.05) is 39.3 Å². The maximum Gasteiger partial charge on any atom is 0.222 e. The highest BCUT2D eigenvalue weighted by Gasteiger charge is 2.20. The van der Waals surface area contributed by atoms with Gasteiger partial charge in [-0.2, -0.15) is 0 Å². The van der Waals surface area contributed by atoms with Crippen molar-refractivity contribution >= 4 is 5.91 Å². The molecule has 1 aromatic carbocycles. The zero-order valence-electron chi connectivity index (χ0n) is 13.8. The van der Waals surface area contributed by atoms with Gasteiger partial charge in [-0.05, 0) is 24.5 Å². The first-order valence-corrected chi connectivity index (χ1v) is 8.33. The molecule has 1 aliphatic rings. The molecule has 0 spiro atoms. The van der Waals surface area contributed by atoms with Gasteiger partial charge in [0, 0.05) is 39.1 Å². The Morgan fingerprint density at radius 2 is 1.82 bits per heavy atom. The number of carbonyl (C=O) groups excluding carboxylic acids is 1. The summed E-state index contributed by atoms with van der Waals surface area (Å²) in [5.41, 5.74) is 0. The molecule has 0 bridgehead atoms. The van der Waals surface area contributed by atoms with Crippen LogP contribution in [0.15, 0.2) is 30.3 Å². The summed E-state index contributed by atoms with van der Waals surface area (Å²) in [5, 5.41) is 0. The maximum atomic E-state index is 12.1. The van der Waals surface area contributed by atoms with E-state index in [-0.39, 0.29) is 0 Å². The van der Waals surface area contributed by atoms with E-state index >= 15 is 0 Å². The highest BCUT2D eigenvalue weighted by atomic mass is 16.5. The number of ether oxygens (including phenoxy) is 1. The molecule has 0 atom stereocenters. The van der Waals surface area contributed by atoms with Gasteiger partial charge in [-0.25, -0.2) is 0 Å². The van der Waals surface area contributed by atoms with Crippen molar-refractivity contribution < 1.29 is 9.53 Å². The van der Waals surface area contributed by atoms with Crippen LogP contribution in [0.1, 0.15) is 26.7 Å². The molecule has 0 aromatic heterocycles. The van der Waals surface area contributed by atoms with Crippen molar-refractivity contribution in [1.82, 2.24) is 9.80 Å². The van der Waals surface area contributed by atoms with Gasteiger partial charge < -0.3 is 9.64 Å². The monoisotopic (exact) mass is 304 g/mol. The van der Waals surface area contributed by atoms with E-state index in [1.165, 1.54) is 0 Å². The largest absolute Gasteiger partial charge is 0.492 e. The van der Waals surface area contributed by atoms with Crippen LogP contribution in [-0.4, -0.2) is 55.0 Å². The Bertz CT molecular complexity index is 440. The summed E-state index contributed by atoms with van der Waals surface area (Å²) in [7, 11) is 0. The molecule has 122 valence electrons. The third-order valence-electron chi connectivity index (χ3n) is 4.08. The van der Waals surface area contributed by atoms with E-state index < -0.39 is 0 Å². The Hall–Kier alpha value is -1.55. The van der Waals surface area contributed by atoms with Crippen LogP contribution in [0.5, 0.6) is 5.75 Å². The molecule has 1 aliphatic heterocycles. The van der Waals surface area contributed by atoms with E-state index in [0.717, 1.165) is 44.9 Å². The summed E-state index contributed by atoms with van der Waals surface area (Å²) in [6.07, 6.45) is 1.68. The second kappa shape index (κ2) is 8.79. The molecular weight excluding hydrogens is 276 g/mol. The Kier molecular flexibility index (Phi) is 6.72. The normalized spacial score (nSPS) is 16.0. The average molecular weight is 304 g/mol. The van der Waals surface area contributed by atoms with Crippen LogP contribution < -0.4 is 4.74 Å². The lowest BCUT2D eigenvalue weighted by Gasteiger charge is -2.34. The average Bonchev–Trinajstić information content (AvgIpc) is 2.54. The van der Waals surface area contributed by atoms with Crippen molar-refractivity contribution in [3.05, 3.63) is 30.3 Å². The molecule has 4 heteroatoms. The number of hydrogen-bond donors (Lipinski definition) is 0. The molecule has 1 aromatic rings. The number of para-hydroxylation sites is 1. The number of nitrogens with zero attached hydrogens (tertiary/aromatic N) is 2. The molecule has 0 radical (unpaired) electrons. The predicted molar refractivity (Wildman–Crippen MR) is 89.0 cm³/mol. The van der Waals surface area contributed by atoms with Crippen molar-refractivity contribution in [2.24, 2.45) is 5.92 Å². The SMILES string of the molecule is CC(C)CCC(=O)N1CCN(CCOc2ccccc2)CC1. The fraction of sp³-hybridized carbons (Fsp3) is 0.611. The van der Waals surface area contributed by atoms with Crippen LogP contribution in [0.25, 0.3) is 0 Å². The van der Waals surface area contributed by atoms with Gasteiger partial charge in [0.15, 0.2) is 0 Å². The number of hydrogen-bond acceptors (Lipinski definition) is 3. The van der Waals surface area contributed by atoms with Gasteiger partial charge in [-0.3, -0.25) is 9.69 Å². The zero-order chi connectivity index (χ0) is 15.8. The molecule has 1 fully saturated rings. The quantitative estimate of drug-likeness (QED) is 0.776. The molecule has 0 unspecified atom stereocenters. The van der Waals surface area contributed by atoms with Gasteiger partial charge >= 0.3 is 0 Å². The van der Waals surface area contributed by atoms with Crippen molar-refractivity contribution in [1.29, 1.82) is 0 Å². The Morgan fingerprint density at radius 1 is 1.14 bits per heavy atom. The Labute approximate surface area is 134 Å². The molecule has 1 heterocycles. The molecule has 1 saturated heterocycles. The Morgan fingerprint density at radius 3 is 2.45 bits per heavy atom. The summed E-state index contributed by atoms with van der Waals surface area (Å²) < 4.78 is 5.73. The summed E-state index contributed by atoms with van der Waals surface area (Å²) in [5.74, 6) is 1.83. The van der Waals surface area contributed by atoms with E-state index in [0.29, 0.717) is 24.9 Å². The number of piperazine rings is 1. The minimum absolute atomic E-state index is 0.314. The van der Waals surface area contributed by atoms with Crippen LogP contribution in [0, 0.1) is 5.92 Å². The third kappa shape index (κ3) is 5.68. The van der Waals surface area contributed by atoms with Gasteiger partial charge in [0.1, 0.15) is 12.4 Å². The number of carbonyl (C=O) groups is 1. The second-order valence-corrected chi connectivity index (χ2v) is 6.32. The molecule has 22 heavy (non-hydrogen) atoms. The highest BCUT2D eigenvalue weighted by Crippen LogP contribution is 2.10. The zero-order valence-corrected chi connectivity index (χ0v) is 13.8. The van der Waals surface area contributed by atoms with E-state index in [9.17, 15) is 4.79 Å². The van der Waals surface area contributed by atoms with Gasteiger partial charge in [-0.1, -0.05) is 32.0 Å². The van der Waals surface area contributed by atoms with Crippen molar-refractivity contribution in [3.8, 4) is 5.75 Å². The highest BCUT2D eigenvalue weighted by molar-refractivity contribution is 5.76.